The fourth-order valence-corrected chi connectivity index (χ4v) is 2.98. The van der Waals surface area contributed by atoms with Gasteiger partial charge in [0.2, 0.25) is 0 Å². The molecule has 1 unspecified atom stereocenters. The quantitative estimate of drug-likeness (QED) is 0.700. The minimum Gasteiger partial charge on any atom is -0.497 e. The molecule has 0 heterocycles. The maximum Gasteiger partial charge on any atom is 0.118 e. The Labute approximate surface area is 143 Å². The fourth-order valence-electron chi connectivity index (χ4n) is 2.98. The van der Waals surface area contributed by atoms with E-state index in [9.17, 15) is 0 Å². The minimum absolute atomic E-state index is 0.248. The van der Waals surface area contributed by atoms with Crippen molar-refractivity contribution < 1.29 is 4.74 Å². The van der Waals surface area contributed by atoms with Gasteiger partial charge in [0.05, 0.1) is 7.11 Å². The van der Waals surface area contributed by atoms with Crippen LogP contribution in [0.15, 0.2) is 66.7 Å². The molecular weight excluding hydrogens is 296 g/mol. The maximum absolute atomic E-state index is 5.99. The molecule has 24 heavy (non-hydrogen) atoms. The second-order valence-electron chi connectivity index (χ2n) is 6.00. The van der Waals surface area contributed by atoms with E-state index in [1.807, 2.05) is 12.1 Å². The van der Waals surface area contributed by atoms with Gasteiger partial charge in [0.15, 0.2) is 0 Å². The van der Waals surface area contributed by atoms with Gasteiger partial charge in [0, 0.05) is 19.1 Å². The van der Waals surface area contributed by atoms with Gasteiger partial charge in [-0.05, 0) is 40.5 Å². The first-order valence-electron chi connectivity index (χ1n) is 8.33. The zero-order chi connectivity index (χ0) is 16.8. The lowest BCUT2D eigenvalue weighted by molar-refractivity contribution is 0.414. The van der Waals surface area contributed by atoms with Crippen molar-refractivity contribution >= 4 is 10.8 Å². The zero-order valence-electron chi connectivity index (χ0n) is 14.0. The van der Waals surface area contributed by atoms with E-state index in [1.165, 1.54) is 21.9 Å². The summed E-state index contributed by atoms with van der Waals surface area (Å²) in [4.78, 5) is 0. The highest BCUT2D eigenvalue weighted by atomic mass is 16.5. The lowest BCUT2D eigenvalue weighted by Crippen LogP contribution is -2.37. The van der Waals surface area contributed by atoms with Crippen molar-refractivity contribution in [3.63, 3.8) is 0 Å². The van der Waals surface area contributed by atoms with Crippen LogP contribution in [0.1, 0.15) is 11.1 Å². The van der Waals surface area contributed by atoms with Crippen LogP contribution in [-0.2, 0) is 13.0 Å². The van der Waals surface area contributed by atoms with E-state index in [1.54, 1.807) is 7.11 Å². The van der Waals surface area contributed by atoms with Crippen LogP contribution >= 0.6 is 0 Å². The second-order valence-corrected chi connectivity index (χ2v) is 6.00. The summed E-state index contributed by atoms with van der Waals surface area (Å²) in [5.41, 5.74) is 8.56. The summed E-state index contributed by atoms with van der Waals surface area (Å²) < 4.78 is 5.20. The van der Waals surface area contributed by atoms with Gasteiger partial charge in [-0.3, -0.25) is 0 Å². The number of nitrogens with two attached hydrogens (primary N) is 1. The number of methoxy groups -OCH3 is 1. The Kier molecular flexibility index (Phi) is 5.47. The first-order valence-corrected chi connectivity index (χ1v) is 8.33. The van der Waals surface area contributed by atoms with E-state index < -0.39 is 0 Å². The molecule has 0 aliphatic heterocycles. The first-order chi connectivity index (χ1) is 11.8. The SMILES string of the molecule is COc1ccc(CNC(CN)Cc2cccc3ccccc23)cc1. The number of nitrogens with one attached hydrogen (secondary N) is 1. The van der Waals surface area contributed by atoms with Gasteiger partial charge in [-0.2, -0.15) is 0 Å². The average molecular weight is 320 g/mol. The standard InChI is InChI=1S/C21H24N2O/c1-24-20-11-9-16(10-12-20)15-23-19(14-22)13-18-7-4-6-17-5-2-3-8-21(17)18/h2-12,19,23H,13-15,22H2,1H3. The van der Waals surface area contributed by atoms with Crippen LogP contribution < -0.4 is 15.8 Å². The van der Waals surface area contributed by atoms with Crippen LogP contribution in [0.4, 0.5) is 0 Å². The zero-order valence-corrected chi connectivity index (χ0v) is 14.0. The monoisotopic (exact) mass is 320 g/mol. The van der Waals surface area contributed by atoms with Crippen LogP contribution in [-0.4, -0.2) is 19.7 Å². The van der Waals surface area contributed by atoms with Gasteiger partial charge in [0.25, 0.3) is 0 Å². The smallest absolute Gasteiger partial charge is 0.118 e. The number of hydrogen-bond acceptors (Lipinski definition) is 3. The molecule has 0 amide bonds. The molecular formula is C21H24N2O. The van der Waals surface area contributed by atoms with Gasteiger partial charge in [-0.25, -0.2) is 0 Å². The molecule has 1 atom stereocenters. The molecule has 3 heteroatoms. The van der Waals surface area contributed by atoms with Crippen molar-refractivity contribution in [2.75, 3.05) is 13.7 Å². The molecule has 3 nitrogen and oxygen atoms in total. The summed E-state index contributed by atoms with van der Waals surface area (Å²) in [6, 6.07) is 23.4. The normalized spacial score (nSPS) is 12.2. The Morgan fingerprint density at radius 2 is 1.71 bits per heavy atom. The predicted octanol–water partition coefficient (Wildman–Crippen LogP) is 3.51. The van der Waals surface area contributed by atoms with Crippen molar-refractivity contribution in [1.82, 2.24) is 5.32 Å². The number of ether oxygens (including phenoxy) is 1. The van der Waals surface area contributed by atoms with Crippen molar-refractivity contribution in [3.8, 4) is 5.75 Å². The van der Waals surface area contributed by atoms with E-state index in [-0.39, 0.29) is 6.04 Å². The maximum atomic E-state index is 5.99. The number of rotatable bonds is 7. The highest BCUT2D eigenvalue weighted by Crippen LogP contribution is 2.20. The summed E-state index contributed by atoms with van der Waals surface area (Å²) in [6.07, 6.45) is 0.925. The molecule has 3 aromatic rings. The van der Waals surface area contributed by atoms with Crippen LogP contribution in [0.25, 0.3) is 10.8 Å². The van der Waals surface area contributed by atoms with Gasteiger partial charge in [0.1, 0.15) is 5.75 Å². The van der Waals surface area contributed by atoms with Crippen LogP contribution in [0, 0.1) is 0 Å². The molecule has 0 radical (unpaired) electrons. The highest BCUT2D eigenvalue weighted by Gasteiger charge is 2.09. The van der Waals surface area contributed by atoms with Crippen LogP contribution in [0.3, 0.4) is 0 Å². The topological polar surface area (TPSA) is 47.3 Å². The molecule has 0 spiro atoms. The molecule has 3 rings (SSSR count). The van der Waals surface area contributed by atoms with Gasteiger partial charge in [-0.1, -0.05) is 54.6 Å². The number of benzene rings is 3. The predicted molar refractivity (Wildman–Crippen MR) is 100 cm³/mol. The highest BCUT2D eigenvalue weighted by molar-refractivity contribution is 5.85. The lowest BCUT2D eigenvalue weighted by Gasteiger charge is -2.18. The average Bonchev–Trinajstić information content (AvgIpc) is 2.65. The summed E-state index contributed by atoms with van der Waals surface area (Å²) in [7, 11) is 1.68. The van der Waals surface area contributed by atoms with E-state index >= 15 is 0 Å². The Hall–Kier alpha value is -2.36. The van der Waals surface area contributed by atoms with E-state index in [4.69, 9.17) is 10.5 Å². The summed E-state index contributed by atoms with van der Waals surface area (Å²) >= 11 is 0. The van der Waals surface area contributed by atoms with Gasteiger partial charge in [-0.15, -0.1) is 0 Å². The second kappa shape index (κ2) is 7.95. The molecule has 0 saturated carbocycles. The van der Waals surface area contributed by atoms with E-state index in [2.05, 4.69) is 59.9 Å². The molecule has 0 bridgehead atoms. The Bertz CT molecular complexity index is 778. The third-order valence-corrected chi connectivity index (χ3v) is 4.38. The van der Waals surface area contributed by atoms with Crippen molar-refractivity contribution in [3.05, 3.63) is 77.9 Å². The third-order valence-electron chi connectivity index (χ3n) is 4.38. The molecule has 124 valence electrons. The molecule has 0 fully saturated rings. The van der Waals surface area contributed by atoms with Crippen LogP contribution in [0.2, 0.25) is 0 Å². The van der Waals surface area contributed by atoms with Crippen molar-refractivity contribution in [1.29, 1.82) is 0 Å². The molecule has 0 saturated heterocycles. The Morgan fingerprint density at radius 1 is 0.958 bits per heavy atom. The number of hydrogen-bond donors (Lipinski definition) is 2. The Morgan fingerprint density at radius 3 is 2.46 bits per heavy atom. The van der Waals surface area contributed by atoms with Crippen molar-refractivity contribution in [2.24, 2.45) is 5.73 Å². The summed E-state index contributed by atoms with van der Waals surface area (Å²) in [5, 5.41) is 6.16. The number of fused-ring (bicyclic) bond motifs is 1. The molecule has 0 aliphatic rings. The first kappa shape index (κ1) is 16.5. The van der Waals surface area contributed by atoms with E-state index in [0.717, 1.165) is 18.7 Å². The minimum atomic E-state index is 0.248. The van der Waals surface area contributed by atoms with Crippen molar-refractivity contribution in [2.45, 2.75) is 19.0 Å². The summed E-state index contributed by atoms with van der Waals surface area (Å²) in [6.45, 7) is 1.41. The fraction of sp³-hybridized carbons (Fsp3) is 0.238. The third kappa shape index (κ3) is 3.94. The molecule has 0 aliphatic carbocycles. The molecule has 3 N–H and O–H groups in total. The lowest BCUT2D eigenvalue weighted by atomic mass is 9.98. The molecule has 3 aromatic carbocycles. The molecule has 0 aromatic heterocycles. The van der Waals surface area contributed by atoms with E-state index in [0.29, 0.717) is 6.54 Å². The van der Waals surface area contributed by atoms with Gasteiger partial charge < -0.3 is 15.8 Å². The van der Waals surface area contributed by atoms with Crippen LogP contribution in [0.5, 0.6) is 5.75 Å². The Balaban J connectivity index is 1.67. The largest absolute Gasteiger partial charge is 0.497 e. The van der Waals surface area contributed by atoms with Gasteiger partial charge >= 0.3 is 0 Å². The summed E-state index contributed by atoms with van der Waals surface area (Å²) in [5.74, 6) is 0.880.